The molecule has 15 nitrogen and oxygen atoms in total. The van der Waals surface area contributed by atoms with Gasteiger partial charge < -0.3 is 23.9 Å². The molecule has 4 aromatic carbocycles. The number of azo groups is 2. The number of hydrogen-bond acceptors (Lipinski definition) is 13. The second kappa shape index (κ2) is 10.8. The molecule has 0 fully saturated rings. The molecule has 18 heteroatoms. The maximum Gasteiger partial charge on any atom is 0.296 e. The summed E-state index contributed by atoms with van der Waals surface area (Å²) in [7, 11) is -13.8. The Morgan fingerprint density at radius 1 is 0.659 bits per heavy atom. The van der Waals surface area contributed by atoms with E-state index in [1.807, 2.05) is 0 Å². The number of phenols is 2. The van der Waals surface area contributed by atoms with Crippen molar-refractivity contribution in [2.75, 3.05) is 0 Å². The first-order chi connectivity index (χ1) is 19.0. The third kappa shape index (κ3) is 6.50. The lowest BCUT2D eigenvalue weighted by Gasteiger charge is -2.18. The van der Waals surface area contributed by atoms with E-state index >= 15 is 0 Å². The van der Waals surface area contributed by atoms with E-state index in [1.54, 1.807) is 6.92 Å². The first-order valence-corrected chi connectivity index (χ1v) is 15.4. The van der Waals surface area contributed by atoms with Gasteiger partial charge in [-0.2, -0.15) is 27.1 Å². The zero-order valence-electron chi connectivity index (χ0n) is 20.6. The number of aromatic hydroxyl groups is 2. The predicted octanol–water partition coefficient (Wildman–Crippen LogP) is 6.47. The maximum atomic E-state index is 12.0. The summed E-state index contributed by atoms with van der Waals surface area (Å²) in [6, 6.07) is 11.8. The Morgan fingerprint density at radius 3 is 1.85 bits per heavy atom. The van der Waals surface area contributed by atoms with Crippen LogP contribution in [0.1, 0.15) is 5.56 Å². The smallest absolute Gasteiger partial charge is 0.296 e. The standard InChI is InChI=1S/C23H20N4O11S3/c1-12-9-17(18(28)11-16(12)25-24-14-5-7-15(8-6-14)39(30,31)32)26-27-22-20(41(36,37)38)10-13-3-2-4-19(40(33,34)35)21(13)23(22)29/h2-11,28-32H,1H3,(H,33,34,35)(H,36,37,38). The fraction of sp³-hybridized carbons (Fsp3) is 0.0435. The second-order valence-electron chi connectivity index (χ2n) is 8.42. The first kappa shape index (κ1) is 30.0. The van der Waals surface area contributed by atoms with Crippen molar-refractivity contribution in [3.05, 3.63) is 66.2 Å². The number of aryl methyl sites for hydroxylation is 1. The monoisotopic (exact) mass is 624 g/mol. The minimum Gasteiger partial charge on any atom is -0.506 e. The van der Waals surface area contributed by atoms with Crippen molar-refractivity contribution in [2.45, 2.75) is 21.6 Å². The third-order valence-electron chi connectivity index (χ3n) is 5.57. The molecule has 0 aromatic heterocycles. The molecule has 0 aliphatic rings. The van der Waals surface area contributed by atoms with Gasteiger partial charge in [0.1, 0.15) is 37.8 Å². The Morgan fingerprint density at radius 2 is 1.27 bits per heavy atom. The molecule has 0 unspecified atom stereocenters. The molecule has 0 atom stereocenters. The molecule has 0 radical (unpaired) electrons. The minimum absolute atomic E-state index is 0.121. The summed E-state index contributed by atoms with van der Waals surface area (Å²) in [5.41, 5.74) is -0.258. The van der Waals surface area contributed by atoms with Crippen molar-refractivity contribution < 1.29 is 49.8 Å². The van der Waals surface area contributed by atoms with Crippen molar-refractivity contribution in [1.82, 2.24) is 0 Å². The molecule has 0 heterocycles. The van der Waals surface area contributed by atoms with Gasteiger partial charge in [-0.1, -0.05) is 12.1 Å². The van der Waals surface area contributed by atoms with Gasteiger partial charge in [0.05, 0.1) is 16.3 Å². The summed E-state index contributed by atoms with van der Waals surface area (Å²) >= 11 is 0. The lowest BCUT2D eigenvalue weighted by molar-refractivity contribution is 0.376. The highest BCUT2D eigenvalue weighted by atomic mass is 32.3. The Hall–Kier alpha value is -4.01. The second-order valence-corrected chi connectivity index (χ2v) is 12.7. The van der Waals surface area contributed by atoms with Gasteiger partial charge >= 0.3 is 0 Å². The SMILES string of the molecule is Cc1cc(N=Nc2c(S(=O)(=O)O)cc3cccc(S(=O)(=O)O)c3c2O)c(O)cc1N=Nc1ccc(S(O)(O)O)cc1. The van der Waals surface area contributed by atoms with Gasteiger partial charge in [-0.25, -0.2) is 0 Å². The first-order valence-electron chi connectivity index (χ1n) is 11.0. The molecular weight excluding hydrogens is 604 g/mol. The molecule has 0 bridgehead atoms. The van der Waals surface area contributed by atoms with Crippen LogP contribution in [0.2, 0.25) is 0 Å². The van der Waals surface area contributed by atoms with Gasteiger partial charge in [0.15, 0.2) is 5.75 Å². The van der Waals surface area contributed by atoms with E-state index in [9.17, 15) is 49.8 Å². The molecule has 0 spiro atoms. The number of phenolic OH excluding ortho intramolecular Hbond substituents is 2. The van der Waals surface area contributed by atoms with Crippen LogP contribution in [0.3, 0.4) is 0 Å². The summed E-state index contributed by atoms with van der Waals surface area (Å²) in [4.78, 5) is -1.80. The van der Waals surface area contributed by atoms with Crippen LogP contribution in [0, 0.1) is 6.92 Å². The van der Waals surface area contributed by atoms with Gasteiger partial charge in [0, 0.05) is 11.5 Å². The van der Waals surface area contributed by atoms with E-state index < -0.39 is 63.5 Å². The van der Waals surface area contributed by atoms with E-state index in [0.29, 0.717) is 5.56 Å². The highest BCUT2D eigenvalue weighted by Gasteiger charge is 2.26. The molecule has 0 saturated carbocycles. The van der Waals surface area contributed by atoms with Gasteiger partial charge in [-0.05, 0) is 60.3 Å². The van der Waals surface area contributed by atoms with Crippen LogP contribution in [-0.4, -0.2) is 49.8 Å². The van der Waals surface area contributed by atoms with E-state index in [4.69, 9.17) is 0 Å². The van der Waals surface area contributed by atoms with Gasteiger partial charge in [-0.3, -0.25) is 9.11 Å². The van der Waals surface area contributed by atoms with Crippen molar-refractivity contribution >= 4 is 64.6 Å². The normalized spacial score (nSPS) is 13.4. The fourth-order valence-corrected chi connectivity index (χ4v) is 5.53. The van der Waals surface area contributed by atoms with E-state index in [-0.39, 0.29) is 27.3 Å². The molecule has 0 saturated heterocycles. The van der Waals surface area contributed by atoms with Gasteiger partial charge in [0.25, 0.3) is 20.2 Å². The number of hydrogen-bond donors (Lipinski definition) is 7. The lowest BCUT2D eigenvalue weighted by Crippen LogP contribution is -2.02. The molecular formula is C23H20N4O11S3. The number of fused-ring (bicyclic) bond motifs is 1. The van der Waals surface area contributed by atoms with Crippen LogP contribution in [0.4, 0.5) is 22.7 Å². The molecule has 4 rings (SSSR count). The van der Waals surface area contributed by atoms with E-state index in [0.717, 1.165) is 18.2 Å². The minimum atomic E-state index is -5.03. The van der Waals surface area contributed by atoms with E-state index in [2.05, 4.69) is 20.5 Å². The van der Waals surface area contributed by atoms with Crippen LogP contribution in [0.25, 0.3) is 10.8 Å². The average molecular weight is 625 g/mol. The summed E-state index contributed by atoms with van der Waals surface area (Å²) in [5, 5.41) is 36.0. The third-order valence-corrected chi connectivity index (χ3v) is 8.24. The topological polar surface area (TPSA) is 259 Å². The van der Waals surface area contributed by atoms with Crippen LogP contribution in [-0.2, 0) is 20.2 Å². The Balaban J connectivity index is 1.75. The van der Waals surface area contributed by atoms with Crippen molar-refractivity contribution in [2.24, 2.45) is 20.5 Å². The Labute approximate surface area is 233 Å². The predicted molar refractivity (Wildman–Crippen MR) is 147 cm³/mol. The van der Waals surface area contributed by atoms with Gasteiger partial charge in [0.2, 0.25) is 0 Å². The van der Waals surface area contributed by atoms with Gasteiger partial charge in [-0.15, -0.1) is 10.2 Å². The van der Waals surface area contributed by atoms with Crippen LogP contribution < -0.4 is 0 Å². The van der Waals surface area contributed by atoms with Crippen molar-refractivity contribution in [1.29, 1.82) is 0 Å². The van der Waals surface area contributed by atoms with Crippen LogP contribution >= 0.6 is 10.9 Å². The van der Waals surface area contributed by atoms with E-state index in [1.165, 1.54) is 42.5 Å². The largest absolute Gasteiger partial charge is 0.506 e. The zero-order chi connectivity index (χ0) is 30.3. The Bertz CT molecular complexity index is 1950. The average Bonchev–Trinajstić information content (AvgIpc) is 2.87. The maximum absolute atomic E-state index is 12.0. The molecule has 41 heavy (non-hydrogen) atoms. The van der Waals surface area contributed by atoms with Crippen LogP contribution in [0.15, 0.2) is 95.8 Å². The number of nitrogens with zero attached hydrogens (tertiary/aromatic N) is 4. The quantitative estimate of drug-likeness (QED) is 0.0865. The highest BCUT2D eigenvalue weighted by Crippen LogP contribution is 2.45. The number of benzene rings is 4. The summed E-state index contributed by atoms with van der Waals surface area (Å²) in [6.07, 6.45) is 0. The number of rotatable bonds is 7. The molecule has 216 valence electrons. The molecule has 0 aliphatic heterocycles. The van der Waals surface area contributed by atoms with Crippen molar-refractivity contribution in [3.63, 3.8) is 0 Å². The Kier molecular flexibility index (Phi) is 7.86. The van der Waals surface area contributed by atoms with Crippen LogP contribution in [0.5, 0.6) is 11.5 Å². The molecule has 7 N–H and O–H groups in total. The summed E-state index contributed by atoms with van der Waals surface area (Å²) in [5.74, 6) is -1.53. The highest BCUT2D eigenvalue weighted by molar-refractivity contribution is 8.19. The molecule has 0 amide bonds. The zero-order valence-corrected chi connectivity index (χ0v) is 23.0. The summed E-state index contributed by atoms with van der Waals surface area (Å²) < 4.78 is 94.8. The molecule has 4 aromatic rings. The lowest BCUT2D eigenvalue weighted by atomic mass is 10.1. The molecule has 0 aliphatic carbocycles. The summed E-state index contributed by atoms with van der Waals surface area (Å²) in [6.45, 7) is 1.56. The van der Waals surface area contributed by atoms with Crippen molar-refractivity contribution in [3.8, 4) is 11.5 Å². The fourth-order valence-electron chi connectivity index (χ4n) is 3.64.